The van der Waals surface area contributed by atoms with Crippen LogP contribution in [0.2, 0.25) is 0 Å². The molecule has 106 valence electrons. The first kappa shape index (κ1) is 14.8. The predicted octanol–water partition coefficient (Wildman–Crippen LogP) is 3.01. The number of carbonyl (C=O) groups excluding carboxylic acids is 1. The molecule has 0 spiro atoms. The number of aromatic nitrogens is 2. The van der Waals surface area contributed by atoms with Crippen LogP contribution in [0.5, 0.6) is 0 Å². The smallest absolute Gasteiger partial charge is 0.237 e. The topological polar surface area (TPSA) is 66.9 Å². The third kappa shape index (κ3) is 3.94. The highest BCUT2D eigenvalue weighted by molar-refractivity contribution is 8.02. The van der Waals surface area contributed by atoms with E-state index < -0.39 is 0 Å². The van der Waals surface area contributed by atoms with Crippen molar-refractivity contribution in [2.75, 3.05) is 17.7 Å². The van der Waals surface area contributed by atoms with Crippen LogP contribution in [0.25, 0.3) is 0 Å². The van der Waals surface area contributed by atoms with Gasteiger partial charge >= 0.3 is 0 Å². The number of benzene rings is 1. The predicted molar refractivity (Wildman–Crippen MR) is 84.6 cm³/mol. The van der Waals surface area contributed by atoms with Crippen LogP contribution in [0.3, 0.4) is 0 Å². The fourth-order valence-electron chi connectivity index (χ4n) is 1.53. The molecule has 0 radical (unpaired) electrons. The van der Waals surface area contributed by atoms with E-state index in [1.54, 1.807) is 7.05 Å². The zero-order valence-electron chi connectivity index (χ0n) is 11.5. The summed E-state index contributed by atoms with van der Waals surface area (Å²) in [5.74, 6) is -0.0400. The van der Waals surface area contributed by atoms with Crippen molar-refractivity contribution in [1.29, 1.82) is 0 Å². The molecule has 1 heterocycles. The maximum Gasteiger partial charge on any atom is 0.237 e. The third-order valence-electron chi connectivity index (χ3n) is 2.55. The van der Waals surface area contributed by atoms with Crippen molar-refractivity contribution in [2.45, 2.75) is 23.4 Å². The van der Waals surface area contributed by atoms with Gasteiger partial charge in [-0.1, -0.05) is 35.2 Å². The molecule has 0 fully saturated rings. The molecule has 20 heavy (non-hydrogen) atoms. The Labute approximate surface area is 126 Å². The van der Waals surface area contributed by atoms with Crippen LogP contribution in [-0.2, 0) is 4.79 Å². The first-order valence-corrected chi connectivity index (χ1v) is 7.83. The van der Waals surface area contributed by atoms with Gasteiger partial charge in [0.1, 0.15) is 0 Å². The van der Waals surface area contributed by atoms with Crippen molar-refractivity contribution < 1.29 is 4.79 Å². The second-order valence-corrected chi connectivity index (χ2v) is 6.81. The lowest BCUT2D eigenvalue weighted by atomic mass is 10.2. The number of aryl methyl sites for hydroxylation is 1. The fraction of sp³-hybridized carbons (Fsp3) is 0.308. The molecule has 1 amide bonds. The van der Waals surface area contributed by atoms with Crippen molar-refractivity contribution in [3.63, 3.8) is 0 Å². The number of carbonyl (C=O) groups is 1. The van der Waals surface area contributed by atoms with E-state index in [-0.39, 0.29) is 11.2 Å². The van der Waals surface area contributed by atoms with Gasteiger partial charge in [0, 0.05) is 12.7 Å². The summed E-state index contributed by atoms with van der Waals surface area (Å²) in [7, 11) is 1.79. The molecular formula is C13H16N4OS2. The van der Waals surface area contributed by atoms with Gasteiger partial charge in [-0.2, -0.15) is 0 Å². The Hall–Kier alpha value is -1.60. The molecule has 7 heteroatoms. The summed E-state index contributed by atoms with van der Waals surface area (Å²) in [6, 6.07) is 7.74. The number of amides is 1. The van der Waals surface area contributed by atoms with E-state index in [1.165, 1.54) is 23.1 Å². The summed E-state index contributed by atoms with van der Waals surface area (Å²) in [5, 5.41) is 14.3. The summed E-state index contributed by atoms with van der Waals surface area (Å²) in [6.45, 7) is 3.85. The van der Waals surface area contributed by atoms with E-state index in [0.29, 0.717) is 0 Å². The van der Waals surface area contributed by atoms with Crippen LogP contribution >= 0.6 is 23.1 Å². The average molecular weight is 308 g/mol. The van der Waals surface area contributed by atoms with Crippen molar-refractivity contribution >= 4 is 39.8 Å². The minimum Gasteiger partial charge on any atom is -0.363 e. The largest absolute Gasteiger partial charge is 0.363 e. The lowest BCUT2D eigenvalue weighted by molar-refractivity contribution is -0.115. The molecule has 1 aromatic carbocycles. The van der Waals surface area contributed by atoms with Crippen molar-refractivity contribution in [3.8, 4) is 0 Å². The number of anilines is 2. The summed E-state index contributed by atoms with van der Waals surface area (Å²) >= 11 is 2.84. The summed E-state index contributed by atoms with van der Waals surface area (Å²) < 4.78 is 0.779. The first-order valence-electron chi connectivity index (χ1n) is 6.14. The van der Waals surface area contributed by atoms with E-state index in [4.69, 9.17) is 0 Å². The van der Waals surface area contributed by atoms with Crippen LogP contribution < -0.4 is 10.6 Å². The molecule has 1 atom stereocenters. The van der Waals surface area contributed by atoms with Gasteiger partial charge in [-0.05, 0) is 31.5 Å². The highest BCUT2D eigenvalue weighted by Crippen LogP contribution is 2.29. The molecule has 0 saturated carbocycles. The second kappa shape index (κ2) is 6.71. The third-order valence-corrected chi connectivity index (χ3v) is 4.68. The van der Waals surface area contributed by atoms with Gasteiger partial charge in [0.05, 0.1) is 5.25 Å². The minimum atomic E-state index is -0.229. The first-order chi connectivity index (χ1) is 9.58. The highest BCUT2D eigenvalue weighted by atomic mass is 32.2. The van der Waals surface area contributed by atoms with Gasteiger partial charge in [-0.15, -0.1) is 10.2 Å². The summed E-state index contributed by atoms with van der Waals surface area (Å²) in [4.78, 5) is 12.1. The van der Waals surface area contributed by atoms with Gasteiger partial charge in [0.25, 0.3) is 0 Å². The molecule has 2 rings (SSSR count). The monoisotopic (exact) mass is 308 g/mol. The number of rotatable bonds is 5. The van der Waals surface area contributed by atoms with Gasteiger partial charge in [-0.25, -0.2) is 0 Å². The lowest BCUT2D eigenvalue weighted by Gasteiger charge is -2.10. The Balaban J connectivity index is 1.95. The van der Waals surface area contributed by atoms with Crippen LogP contribution in [0, 0.1) is 6.92 Å². The zero-order chi connectivity index (χ0) is 14.5. The lowest BCUT2D eigenvalue weighted by Crippen LogP contribution is -2.22. The number of nitrogens with one attached hydrogen (secondary N) is 2. The molecule has 0 aliphatic heterocycles. The molecule has 2 N–H and O–H groups in total. The van der Waals surface area contributed by atoms with E-state index in [2.05, 4.69) is 20.8 Å². The summed E-state index contributed by atoms with van der Waals surface area (Å²) in [5.41, 5.74) is 1.93. The second-order valence-electron chi connectivity index (χ2n) is 4.24. The van der Waals surface area contributed by atoms with Gasteiger partial charge in [0.2, 0.25) is 11.0 Å². The van der Waals surface area contributed by atoms with Gasteiger partial charge in [-0.3, -0.25) is 4.79 Å². The highest BCUT2D eigenvalue weighted by Gasteiger charge is 2.17. The molecular weight excluding hydrogens is 292 g/mol. The van der Waals surface area contributed by atoms with E-state index in [1.807, 2.05) is 38.1 Å². The van der Waals surface area contributed by atoms with Crippen molar-refractivity contribution in [1.82, 2.24) is 10.2 Å². The average Bonchev–Trinajstić information content (AvgIpc) is 2.86. The molecule has 0 unspecified atom stereocenters. The maximum absolute atomic E-state index is 12.1. The number of hydrogen-bond acceptors (Lipinski definition) is 6. The number of nitrogens with zero attached hydrogens (tertiary/aromatic N) is 2. The fourth-order valence-corrected chi connectivity index (χ4v) is 3.38. The summed E-state index contributed by atoms with van der Waals surface area (Å²) in [6.07, 6.45) is 0. The normalized spacial score (nSPS) is 11.9. The quantitative estimate of drug-likeness (QED) is 0.831. The Morgan fingerprint density at radius 2 is 2.20 bits per heavy atom. The number of thioether (sulfide) groups is 1. The van der Waals surface area contributed by atoms with E-state index >= 15 is 0 Å². The van der Waals surface area contributed by atoms with Crippen LogP contribution in [-0.4, -0.2) is 28.4 Å². The Morgan fingerprint density at radius 1 is 1.40 bits per heavy atom. The van der Waals surface area contributed by atoms with Crippen LogP contribution in [0.15, 0.2) is 28.6 Å². The van der Waals surface area contributed by atoms with Crippen molar-refractivity contribution in [3.05, 3.63) is 29.8 Å². The van der Waals surface area contributed by atoms with Gasteiger partial charge < -0.3 is 10.6 Å². The Bertz CT molecular complexity index is 600. The van der Waals surface area contributed by atoms with E-state index in [0.717, 1.165) is 20.7 Å². The van der Waals surface area contributed by atoms with Gasteiger partial charge in [0.15, 0.2) is 4.34 Å². The molecule has 0 bridgehead atoms. The number of hydrogen-bond donors (Lipinski definition) is 2. The van der Waals surface area contributed by atoms with Crippen molar-refractivity contribution in [2.24, 2.45) is 0 Å². The maximum atomic E-state index is 12.1. The molecule has 2 aromatic rings. The Morgan fingerprint density at radius 3 is 2.85 bits per heavy atom. The zero-order valence-corrected chi connectivity index (χ0v) is 13.1. The molecule has 0 aliphatic rings. The molecule has 0 aliphatic carbocycles. The minimum absolute atomic E-state index is 0.0400. The van der Waals surface area contributed by atoms with E-state index in [9.17, 15) is 4.79 Å². The molecule has 0 saturated heterocycles. The standard InChI is InChI=1S/C13H16N4OS2/c1-8-5-4-6-10(7-8)15-11(18)9(2)19-13-17-16-12(14-3)20-13/h4-7,9H,1-3H3,(H,14,16)(H,15,18)/t9-/m1/s1. The van der Waals surface area contributed by atoms with Crippen LogP contribution in [0.1, 0.15) is 12.5 Å². The Kier molecular flexibility index (Phi) is 4.97. The SMILES string of the molecule is CNc1nnc(S[C@H](C)C(=O)Nc2cccc(C)c2)s1. The van der Waals surface area contributed by atoms with Crippen LogP contribution in [0.4, 0.5) is 10.8 Å². The molecule has 1 aromatic heterocycles. The molecule has 5 nitrogen and oxygen atoms in total.